The van der Waals surface area contributed by atoms with E-state index in [0.29, 0.717) is 28.8 Å². The summed E-state index contributed by atoms with van der Waals surface area (Å²) in [6.45, 7) is 2.29. The Hall–Kier alpha value is -3.67. The van der Waals surface area contributed by atoms with Crippen LogP contribution in [0.5, 0.6) is 11.6 Å². The van der Waals surface area contributed by atoms with Crippen LogP contribution in [0.25, 0.3) is 10.9 Å². The standard InChI is InChI=1S/C24H22N4O2/c1-15-8-9-21-20(12-15)18-6-3-7-19(23(18)28-21)24(29)27-16-4-2-5-17(13-16)30-22-14-25-10-11-26-22/h2-7,10-11,13-15,28H,8-9,12H2,1H3,(H,27,29). The zero-order valence-corrected chi connectivity index (χ0v) is 16.7. The molecule has 2 N–H and O–H groups in total. The number of nitrogens with zero attached hydrogens (tertiary/aromatic N) is 2. The fraction of sp³-hybridized carbons (Fsp3) is 0.208. The maximum absolute atomic E-state index is 13.1. The second kappa shape index (κ2) is 7.63. The first-order valence-electron chi connectivity index (χ1n) is 10.1. The number of para-hydroxylation sites is 1. The molecule has 1 atom stereocenters. The van der Waals surface area contributed by atoms with Crippen LogP contribution in [0.3, 0.4) is 0 Å². The van der Waals surface area contributed by atoms with E-state index in [1.807, 2.05) is 30.3 Å². The number of nitrogens with one attached hydrogen (secondary N) is 2. The molecule has 4 aromatic rings. The molecule has 6 nitrogen and oxygen atoms in total. The highest BCUT2D eigenvalue weighted by molar-refractivity contribution is 6.12. The topological polar surface area (TPSA) is 79.9 Å². The number of aromatic nitrogens is 3. The molecule has 1 aliphatic rings. The van der Waals surface area contributed by atoms with Gasteiger partial charge in [-0.1, -0.05) is 25.1 Å². The number of H-pyrrole nitrogens is 1. The molecule has 1 aliphatic carbocycles. The summed E-state index contributed by atoms with van der Waals surface area (Å²) in [5.74, 6) is 1.50. The van der Waals surface area contributed by atoms with Crippen LogP contribution < -0.4 is 10.1 Å². The van der Waals surface area contributed by atoms with E-state index < -0.39 is 0 Å². The van der Waals surface area contributed by atoms with Crippen molar-refractivity contribution in [1.29, 1.82) is 0 Å². The van der Waals surface area contributed by atoms with Gasteiger partial charge in [0.05, 0.1) is 17.3 Å². The van der Waals surface area contributed by atoms with Gasteiger partial charge in [0.2, 0.25) is 5.88 Å². The van der Waals surface area contributed by atoms with Crippen LogP contribution in [0.1, 0.15) is 35.0 Å². The van der Waals surface area contributed by atoms with Gasteiger partial charge in [-0.15, -0.1) is 0 Å². The van der Waals surface area contributed by atoms with Crippen molar-refractivity contribution < 1.29 is 9.53 Å². The Morgan fingerprint density at radius 3 is 2.97 bits per heavy atom. The van der Waals surface area contributed by atoms with Gasteiger partial charge in [0, 0.05) is 35.2 Å². The first-order chi connectivity index (χ1) is 14.7. The highest BCUT2D eigenvalue weighted by atomic mass is 16.5. The number of carbonyl (C=O) groups excluding carboxylic acids is 1. The van der Waals surface area contributed by atoms with Crippen LogP contribution in [0, 0.1) is 5.92 Å². The van der Waals surface area contributed by atoms with Gasteiger partial charge in [0.1, 0.15) is 5.75 Å². The number of hydrogen-bond acceptors (Lipinski definition) is 4. The maximum Gasteiger partial charge on any atom is 0.257 e. The predicted molar refractivity (Wildman–Crippen MR) is 116 cm³/mol. The largest absolute Gasteiger partial charge is 0.437 e. The van der Waals surface area contributed by atoms with Gasteiger partial charge < -0.3 is 15.0 Å². The minimum atomic E-state index is -0.149. The first kappa shape index (κ1) is 18.4. The molecule has 0 aliphatic heterocycles. The number of ether oxygens (including phenoxy) is 1. The van der Waals surface area contributed by atoms with Crippen molar-refractivity contribution in [2.75, 3.05) is 5.32 Å². The Bertz CT molecular complexity index is 1220. The van der Waals surface area contributed by atoms with E-state index in [-0.39, 0.29) is 5.91 Å². The molecule has 2 aromatic heterocycles. The Morgan fingerprint density at radius 1 is 1.20 bits per heavy atom. The molecule has 30 heavy (non-hydrogen) atoms. The lowest BCUT2D eigenvalue weighted by Crippen LogP contribution is -2.12. The van der Waals surface area contributed by atoms with Crippen molar-refractivity contribution in [2.24, 2.45) is 5.92 Å². The van der Waals surface area contributed by atoms with Crippen molar-refractivity contribution in [3.63, 3.8) is 0 Å². The Balaban J connectivity index is 1.41. The van der Waals surface area contributed by atoms with Gasteiger partial charge >= 0.3 is 0 Å². The molecule has 0 spiro atoms. The maximum atomic E-state index is 13.1. The van der Waals surface area contributed by atoms with E-state index in [9.17, 15) is 4.79 Å². The molecule has 1 unspecified atom stereocenters. The number of benzene rings is 2. The average molecular weight is 398 g/mol. The highest BCUT2D eigenvalue weighted by Crippen LogP contribution is 2.33. The highest BCUT2D eigenvalue weighted by Gasteiger charge is 2.22. The summed E-state index contributed by atoms with van der Waals surface area (Å²) in [6.07, 6.45) is 7.97. The van der Waals surface area contributed by atoms with Gasteiger partial charge in [-0.3, -0.25) is 9.78 Å². The molecule has 0 saturated carbocycles. The van der Waals surface area contributed by atoms with E-state index in [1.54, 1.807) is 24.7 Å². The minimum absolute atomic E-state index is 0.149. The van der Waals surface area contributed by atoms with Gasteiger partial charge in [-0.2, -0.15) is 0 Å². The number of aromatic amines is 1. The molecule has 1 amide bonds. The van der Waals surface area contributed by atoms with Gasteiger partial charge in [0.15, 0.2) is 0 Å². The lowest BCUT2D eigenvalue weighted by molar-refractivity contribution is 0.102. The van der Waals surface area contributed by atoms with Crippen LogP contribution in [0.2, 0.25) is 0 Å². The van der Waals surface area contributed by atoms with Crippen molar-refractivity contribution in [3.05, 3.63) is 77.9 Å². The van der Waals surface area contributed by atoms with Crippen molar-refractivity contribution >= 4 is 22.5 Å². The number of anilines is 1. The third kappa shape index (κ3) is 3.52. The summed E-state index contributed by atoms with van der Waals surface area (Å²) in [4.78, 5) is 24.7. The second-order valence-corrected chi connectivity index (χ2v) is 7.79. The number of fused-ring (bicyclic) bond motifs is 3. The summed E-state index contributed by atoms with van der Waals surface area (Å²) in [7, 11) is 0. The third-order valence-corrected chi connectivity index (χ3v) is 5.57. The van der Waals surface area contributed by atoms with E-state index in [2.05, 4.69) is 33.3 Å². The van der Waals surface area contributed by atoms with Crippen LogP contribution in [0.4, 0.5) is 5.69 Å². The number of hydrogen-bond donors (Lipinski definition) is 2. The number of carbonyl (C=O) groups is 1. The fourth-order valence-corrected chi connectivity index (χ4v) is 4.10. The van der Waals surface area contributed by atoms with Crippen molar-refractivity contribution in [1.82, 2.24) is 15.0 Å². The fourth-order valence-electron chi connectivity index (χ4n) is 4.10. The number of rotatable bonds is 4. The smallest absolute Gasteiger partial charge is 0.257 e. The normalized spacial score (nSPS) is 15.6. The molecule has 2 aromatic carbocycles. The van der Waals surface area contributed by atoms with Crippen LogP contribution in [-0.2, 0) is 12.8 Å². The molecular weight excluding hydrogens is 376 g/mol. The van der Waals surface area contributed by atoms with E-state index in [1.165, 1.54) is 17.7 Å². The predicted octanol–water partition coefficient (Wildman–Crippen LogP) is 5.13. The molecule has 5 rings (SSSR count). The molecule has 0 radical (unpaired) electrons. The summed E-state index contributed by atoms with van der Waals surface area (Å²) in [6, 6.07) is 13.2. The van der Waals surface area contributed by atoms with E-state index in [0.717, 1.165) is 23.7 Å². The van der Waals surface area contributed by atoms with Gasteiger partial charge in [0.25, 0.3) is 5.91 Å². The summed E-state index contributed by atoms with van der Waals surface area (Å²) < 4.78 is 5.71. The van der Waals surface area contributed by atoms with Crippen molar-refractivity contribution in [2.45, 2.75) is 26.2 Å². The molecule has 2 heterocycles. The van der Waals surface area contributed by atoms with E-state index in [4.69, 9.17) is 4.74 Å². The molecule has 150 valence electrons. The number of aryl methyl sites for hydroxylation is 1. The monoisotopic (exact) mass is 398 g/mol. The zero-order chi connectivity index (χ0) is 20.5. The molecule has 0 bridgehead atoms. The number of amides is 1. The summed E-state index contributed by atoms with van der Waals surface area (Å²) in [5, 5.41) is 4.15. The molecule has 0 saturated heterocycles. The lowest BCUT2D eigenvalue weighted by atomic mass is 9.87. The van der Waals surface area contributed by atoms with Gasteiger partial charge in [-0.05, 0) is 48.9 Å². The van der Waals surface area contributed by atoms with Gasteiger partial charge in [-0.25, -0.2) is 4.98 Å². The van der Waals surface area contributed by atoms with Crippen LogP contribution in [-0.4, -0.2) is 20.9 Å². The third-order valence-electron chi connectivity index (χ3n) is 5.57. The summed E-state index contributed by atoms with van der Waals surface area (Å²) in [5.41, 5.74) is 4.85. The Labute approximate surface area is 174 Å². The molecular formula is C24H22N4O2. The van der Waals surface area contributed by atoms with Crippen LogP contribution >= 0.6 is 0 Å². The zero-order valence-electron chi connectivity index (χ0n) is 16.7. The van der Waals surface area contributed by atoms with Crippen LogP contribution in [0.15, 0.2) is 61.1 Å². The van der Waals surface area contributed by atoms with E-state index >= 15 is 0 Å². The molecule has 6 heteroatoms. The quantitative estimate of drug-likeness (QED) is 0.500. The Morgan fingerprint density at radius 2 is 2.10 bits per heavy atom. The first-order valence-corrected chi connectivity index (χ1v) is 10.1. The Kier molecular flexibility index (Phi) is 4.67. The lowest BCUT2D eigenvalue weighted by Gasteiger charge is -2.17. The summed E-state index contributed by atoms with van der Waals surface area (Å²) >= 11 is 0. The average Bonchev–Trinajstić information content (AvgIpc) is 3.12. The SMILES string of the molecule is CC1CCc2[nH]c3c(C(=O)Nc4cccc(Oc5cnccn5)c4)cccc3c2C1. The van der Waals surface area contributed by atoms with Crippen molar-refractivity contribution in [3.8, 4) is 11.6 Å². The molecule has 0 fully saturated rings. The minimum Gasteiger partial charge on any atom is -0.437 e. The second-order valence-electron chi connectivity index (χ2n) is 7.79.